The summed E-state index contributed by atoms with van der Waals surface area (Å²) < 4.78 is 0. The first-order valence-electron chi connectivity index (χ1n) is 8.57. The molecule has 25 heavy (non-hydrogen) atoms. The van der Waals surface area contributed by atoms with Crippen LogP contribution in [0.4, 0.5) is 0 Å². The molecule has 136 valence electrons. The molecule has 1 unspecified atom stereocenters. The SMILES string of the molecule is CCC(=O)N1CCC(NC(=NC)NCCNC(=O)c2cccnc2)C1. The third-order valence-electron chi connectivity index (χ3n) is 4.03. The van der Waals surface area contributed by atoms with E-state index in [0.717, 1.165) is 13.0 Å². The van der Waals surface area contributed by atoms with Crippen LogP contribution in [0.25, 0.3) is 0 Å². The highest BCUT2D eigenvalue weighted by Crippen LogP contribution is 2.10. The van der Waals surface area contributed by atoms with E-state index in [9.17, 15) is 9.59 Å². The summed E-state index contributed by atoms with van der Waals surface area (Å²) in [6.07, 6.45) is 4.61. The Morgan fingerprint density at radius 3 is 2.84 bits per heavy atom. The Labute approximate surface area is 148 Å². The second-order valence-corrected chi connectivity index (χ2v) is 5.82. The molecule has 0 radical (unpaired) electrons. The Morgan fingerprint density at radius 2 is 2.16 bits per heavy atom. The number of carbonyl (C=O) groups excluding carboxylic acids is 2. The first kappa shape index (κ1) is 18.7. The Balaban J connectivity index is 1.67. The molecular formula is C17H26N6O2. The van der Waals surface area contributed by atoms with E-state index in [1.807, 2.05) is 11.8 Å². The van der Waals surface area contributed by atoms with Crippen molar-refractivity contribution < 1.29 is 9.59 Å². The lowest BCUT2D eigenvalue weighted by Gasteiger charge is -2.18. The summed E-state index contributed by atoms with van der Waals surface area (Å²) >= 11 is 0. The molecule has 0 saturated carbocycles. The minimum atomic E-state index is -0.151. The number of nitrogens with one attached hydrogen (secondary N) is 3. The lowest BCUT2D eigenvalue weighted by Crippen LogP contribution is -2.46. The molecule has 1 aliphatic heterocycles. The van der Waals surface area contributed by atoms with Gasteiger partial charge in [0.15, 0.2) is 5.96 Å². The van der Waals surface area contributed by atoms with E-state index in [1.54, 1.807) is 25.4 Å². The molecule has 0 aliphatic carbocycles. The van der Waals surface area contributed by atoms with Gasteiger partial charge in [0.25, 0.3) is 5.91 Å². The number of carbonyl (C=O) groups is 2. The van der Waals surface area contributed by atoms with Gasteiger partial charge in [-0.3, -0.25) is 19.6 Å². The molecular weight excluding hydrogens is 320 g/mol. The molecule has 0 aromatic carbocycles. The molecule has 2 rings (SSSR count). The van der Waals surface area contributed by atoms with Gasteiger partial charge in [-0.05, 0) is 18.6 Å². The van der Waals surface area contributed by atoms with E-state index in [4.69, 9.17) is 0 Å². The molecule has 1 fully saturated rings. The van der Waals surface area contributed by atoms with Gasteiger partial charge in [-0.1, -0.05) is 6.92 Å². The van der Waals surface area contributed by atoms with Crippen LogP contribution in [-0.2, 0) is 4.79 Å². The summed E-state index contributed by atoms with van der Waals surface area (Å²) in [5.74, 6) is 0.708. The summed E-state index contributed by atoms with van der Waals surface area (Å²) in [6.45, 7) is 4.38. The number of nitrogens with zero attached hydrogens (tertiary/aromatic N) is 3. The molecule has 2 heterocycles. The molecule has 0 spiro atoms. The molecule has 1 aromatic rings. The van der Waals surface area contributed by atoms with Crippen LogP contribution < -0.4 is 16.0 Å². The average Bonchev–Trinajstić information content (AvgIpc) is 3.12. The first-order valence-corrected chi connectivity index (χ1v) is 8.57. The van der Waals surface area contributed by atoms with Gasteiger partial charge in [-0.25, -0.2) is 0 Å². The lowest BCUT2D eigenvalue weighted by atomic mass is 10.2. The van der Waals surface area contributed by atoms with Crippen LogP contribution in [-0.4, -0.2) is 66.9 Å². The van der Waals surface area contributed by atoms with Gasteiger partial charge in [0, 0.05) is 58.1 Å². The van der Waals surface area contributed by atoms with Crippen molar-refractivity contribution in [2.45, 2.75) is 25.8 Å². The van der Waals surface area contributed by atoms with Crippen molar-refractivity contribution in [3.05, 3.63) is 30.1 Å². The summed E-state index contributed by atoms with van der Waals surface area (Å²) in [5, 5.41) is 9.31. The molecule has 1 aliphatic rings. The number of hydrogen-bond acceptors (Lipinski definition) is 4. The van der Waals surface area contributed by atoms with Gasteiger partial charge < -0.3 is 20.9 Å². The van der Waals surface area contributed by atoms with Crippen LogP contribution in [0.5, 0.6) is 0 Å². The third-order valence-corrected chi connectivity index (χ3v) is 4.03. The van der Waals surface area contributed by atoms with Gasteiger partial charge in [0.05, 0.1) is 5.56 Å². The molecule has 1 saturated heterocycles. The fourth-order valence-electron chi connectivity index (χ4n) is 2.67. The van der Waals surface area contributed by atoms with E-state index < -0.39 is 0 Å². The predicted octanol–water partition coefficient (Wildman–Crippen LogP) is -0.0127. The highest BCUT2D eigenvalue weighted by atomic mass is 16.2. The number of pyridine rings is 1. The van der Waals surface area contributed by atoms with Gasteiger partial charge >= 0.3 is 0 Å². The smallest absolute Gasteiger partial charge is 0.252 e. The number of hydrogen-bond donors (Lipinski definition) is 3. The van der Waals surface area contributed by atoms with Crippen molar-refractivity contribution in [2.24, 2.45) is 4.99 Å². The molecule has 3 N–H and O–H groups in total. The first-order chi connectivity index (χ1) is 12.1. The maximum atomic E-state index is 11.9. The highest BCUT2D eigenvalue weighted by Gasteiger charge is 2.25. The van der Waals surface area contributed by atoms with Crippen molar-refractivity contribution in [1.82, 2.24) is 25.8 Å². The fourth-order valence-corrected chi connectivity index (χ4v) is 2.67. The Bertz CT molecular complexity index is 604. The monoisotopic (exact) mass is 346 g/mol. The van der Waals surface area contributed by atoms with Gasteiger partial charge in [0.1, 0.15) is 0 Å². The van der Waals surface area contributed by atoms with Crippen LogP contribution in [0.2, 0.25) is 0 Å². The van der Waals surface area contributed by atoms with E-state index >= 15 is 0 Å². The van der Waals surface area contributed by atoms with Crippen LogP contribution >= 0.6 is 0 Å². The molecule has 1 atom stereocenters. The van der Waals surface area contributed by atoms with Gasteiger partial charge in [-0.15, -0.1) is 0 Å². The number of likely N-dealkylation sites (tertiary alicyclic amines) is 1. The zero-order valence-corrected chi connectivity index (χ0v) is 14.8. The van der Waals surface area contributed by atoms with Gasteiger partial charge in [-0.2, -0.15) is 0 Å². The normalized spacial score (nSPS) is 17.3. The highest BCUT2D eigenvalue weighted by molar-refractivity contribution is 5.93. The third kappa shape index (κ3) is 5.74. The quantitative estimate of drug-likeness (QED) is 0.382. The summed E-state index contributed by atoms with van der Waals surface area (Å²) in [5.41, 5.74) is 0.539. The van der Waals surface area contributed by atoms with Crippen molar-refractivity contribution in [3.63, 3.8) is 0 Å². The zero-order chi connectivity index (χ0) is 18.1. The average molecular weight is 346 g/mol. The Kier molecular flexibility index (Phi) is 7.18. The summed E-state index contributed by atoms with van der Waals surface area (Å²) in [6, 6.07) is 3.65. The van der Waals surface area contributed by atoms with Crippen LogP contribution in [0.3, 0.4) is 0 Å². The second-order valence-electron chi connectivity index (χ2n) is 5.82. The van der Waals surface area contributed by atoms with Crippen molar-refractivity contribution in [2.75, 3.05) is 33.2 Å². The topological polar surface area (TPSA) is 98.7 Å². The fraction of sp³-hybridized carbons (Fsp3) is 0.529. The predicted molar refractivity (Wildman–Crippen MR) is 96.3 cm³/mol. The number of rotatable bonds is 6. The summed E-state index contributed by atoms with van der Waals surface area (Å²) in [7, 11) is 1.70. The van der Waals surface area contributed by atoms with Crippen molar-refractivity contribution >= 4 is 17.8 Å². The van der Waals surface area contributed by atoms with E-state index in [-0.39, 0.29) is 17.9 Å². The largest absolute Gasteiger partial charge is 0.355 e. The molecule has 2 amide bonds. The van der Waals surface area contributed by atoms with E-state index in [1.165, 1.54) is 6.20 Å². The minimum absolute atomic E-state index is 0.151. The summed E-state index contributed by atoms with van der Waals surface area (Å²) in [4.78, 5) is 33.6. The number of guanidine groups is 1. The minimum Gasteiger partial charge on any atom is -0.355 e. The zero-order valence-electron chi connectivity index (χ0n) is 14.8. The lowest BCUT2D eigenvalue weighted by molar-refractivity contribution is -0.129. The van der Waals surface area contributed by atoms with Crippen LogP contribution in [0.1, 0.15) is 30.1 Å². The number of aliphatic imine (C=N–C) groups is 1. The molecule has 8 heteroatoms. The van der Waals surface area contributed by atoms with Crippen LogP contribution in [0, 0.1) is 0 Å². The maximum Gasteiger partial charge on any atom is 0.252 e. The Hall–Kier alpha value is -2.64. The number of amides is 2. The standard InChI is InChI=1S/C17H26N6O2/c1-3-15(24)23-10-6-14(12-23)22-17(18-2)21-9-8-20-16(25)13-5-4-7-19-11-13/h4-5,7,11,14H,3,6,8-10,12H2,1-2H3,(H,20,25)(H2,18,21,22). The Morgan fingerprint density at radius 1 is 1.36 bits per heavy atom. The van der Waals surface area contributed by atoms with Gasteiger partial charge in [0.2, 0.25) is 5.91 Å². The number of aromatic nitrogens is 1. The van der Waals surface area contributed by atoms with E-state index in [0.29, 0.717) is 37.6 Å². The van der Waals surface area contributed by atoms with Crippen molar-refractivity contribution in [3.8, 4) is 0 Å². The van der Waals surface area contributed by atoms with E-state index in [2.05, 4.69) is 25.9 Å². The van der Waals surface area contributed by atoms with Crippen molar-refractivity contribution in [1.29, 1.82) is 0 Å². The van der Waals surface area contributed by atoms with Crippen LogP contribution in [0.15, 0.2) is 29.5 Å². The second kappa shape index (κ2) is 9.61. The molecule has 1 aromatic heterocycles. The maximum absolute atomic E-state index is 11.9. The molecule has 8 nitrogen and oxygen atoms in total. The molecule has 0 bridgehead atoms.